The molecule has 2 amide bonds. The third-order valence-electron chi connectivity index (χ3n) is 5.89. The molecule has 3 rings (SSSR count). The maximum absolute atomic E-state index is 13.7. The summed E-state index contributed by atoms with van der Waals surface area (Å²) in [5, 5.41) is 14.9. The number of rotatable bonds is 13. The number of carbonyl (C=O) groups is 2. The van der Waals surface area contributed by atoms with Gasteiger partial charge in [0, 0.05) is 41.7 Å². The molecule has 0 heterocycles. The van der Waals surface area contributed by atoms with Crippen molar-refractivity contribution in [2.75, 3.05) is 20.3 Å². The van der Waals surface area contributed by atoms with Gasteiger partial charge in [0.05, 0.1) is 12.0 Å². The fourth-order valence-corrected chi connectivity index (χ4v) is 4.35. The van der Waals surface area contributed by atoms with Gasteiger partial charge in [-0.3, -0.25) is 19.7 Å². The van der Waals surface area contributed by atoms with Gasteiger partial charge in [-0.25, -0.2) is 0 Å². The molecule has 0 fully saturated rings. The van der Waals surface area contributed by atoms with E-state index in [9.17, 15) is 19.7 Å². The minimum Gasteiger partial charge on any atom is -0.490 e. The maximum atomic E-state index is 13.7. The quantitative estimate of drug-likeness (QED) is 0.215. The molecule has 0 spiro atoms. The second kappa shape index (κ2) is 14.4. The first kappa shape index (κ1) is 29.7. The zero-order chi connectivity index (χ0) is 28.4. The third-order valence-corrected chi connectivity index (χ3v) is 6.47. The lowest BCUT2D eigenvalue weighted by Gasteiger charge is -2.31. The zero-order valence-corrected chi connectivity index (χ0v) is 23.1. The number of nitro benzene ring substituents is 1. The molecule has 39 heavy (non-hydrogen) atoms. The number of amides is 2. The van der Waals surface area contributed by atoms with Crippen LogP contribution >= 0.6 is 23.2 Å². The van der Waals surface area contributed by atoms with Gasteiger partial charge >= 0.3 is 5.69 Å². The molecule has 0 saturated carbocycles. The van der Waals surface area contributed by atoms with E-state index in [1.165, 1.54) is 30.2 Å². The Labute approximate surface area is 236 Å². The van der Waals surface area contributed by atoms with E-state index in [1.54, 1.807) is 18.2 Å². The molecule has 0 radical (unpaired) electrons. The van der Waals surface area contributed by atoms with Crippen LogP contribution < -0.4 is 14.8 Å². The number of halogens is 2. The van der Waals surface area contributed by atoms with Gasteiger partial charge in [0.25, 0.3) is 5.91 Å². The van der Waals surface area contributed by atoms with Crippen LogP contribution in [0.4, 0.5) is 5.69 Å². The van der Waals surface area contributed by atoms with Gasteiger partial charge in [-0.2, -0.15) is 0 Å². The summed E-state index contributed by atoms with van der Waals surface area (Å²) in [6.07, 6.45) is 0.991. The minimum absolute atomic E-state index is 0.00403. The van der Waals surface area contributed by atoms with Gasteiger partial charge in [0.1, 0.15) is 11.8 Å². The van der Waals surface area contributed by atoms with Gasteiger partial charge < -0.3 is 19.7 Å². The van der Waals surface area contributed by atoms with Crippen molar-refractivity contribution in [3.8, 4) is 11.5 Å². The summed E-state index contributed by atoms with van der Waals surface area (Å²) in [4.78, 5) is 39.1. The Bertz CT molecular complexity index is 1310. The van der Waals surface area contributed by atoms with Crippen molar-refractivity contribution in [3.05, 3.63) is 98.0 Å². The molecule has 1 atom stereocenters. The lowest BCUT2D eigenvalue weighted by molar-refractivity contribution is -0.385. The molecule has 0 aliphatic carbocycles. The van der Waals surface area contributed by atoms with Crippen LogP contribution in [0.3, 0.4) is 0 Å². The van der Waals surface area contributed by atoms with Crippen LogP contribution in [-0.4, -0.2) is 47.9 Å². The normalized spacial score (nSPS) is 11.4. The molecule has 3 aromatic carbocycles. The smallest absolute Gasteiger partial charge is 0.311 e. The summed E-state index contributed by atoms with van der Waals surface area (Å²) in [6, 6.07) is 17.4. The monoisotopic (exact) mass is 573 g/mol. The number of nitro groups is 1. The van der Waals surface area contributed by atoms with E-state index in [2.05, 4.69) is 5.32 Å². The van der Waals surface area contributed by atoms with Crippen molar-refractivity contribution in [1.82, 2.24) is 10.2 Å². The first-order valence-corrected chi connectivity index (χ1v) is 13.0. The largest absolute Gasteiger partial charge is 0.490 e. The first-order chi connectivity index (χ1) is 18.7. The number of benzene rings is 3. The Morgan fingerprint density at radius 1 is 1.08 bits per heavy atom. The Kier molecular flexibility index (Phi) is 11.0. The van der Waals surface area contributed by atoms with Gasteiger partial charge in [-0.1, -0.05) is 66.5 Å². The summed E-state index contributed by atoms with van der Waals surface area (Å²) in [5.41, 5.74) is 1.24. The molecule has 0 aliphatic heterocycles. The van der Waals surface area contributed by atoms with Crippen molar-refractivity contribution in [2.24, 2.45) is 0 Å². The van der Waals surface area contributed by atoms with Crippen molar-refractivity contribution in [3.63, 3.8) is 0 Å². The lowest BCUT2D eigenvalue weighted by Crippen LogP contribution is -2.51. The van der Waals surface area contributed by atoms with Crippen LogP contribution in [0.1, 0.15) is 24.5 Å². The van der Waals surface area contributed by atoms with Crippen LogP contribution in [0.15, 0.2) is 66.7 Å². The number of nitrogens with zero attached hydrogens (tertiary/aromatic N) is 2. The van der Waals surface area contributed by atoms with Gasteiger partial charge in [0.2, 0.25) is 11.7 Å². The van der Waals surface area contributed by atoms with E-state index in [4.69, 9.17) is 32.7 Å². The van der Waals surface area contributed by atoms with Gasteiger partial charge in [0.15, 0.2) is 6.61 Å². The molecule has 0 bridgehead atoms. The number of ether oxygens (including phenoxy) is 2. The summed E-state index contributed by atoms with van der Waals surface area (Å²) in [5.74, 6) is -0.594. The highest BCUT2D eigenvalue weighted by atomic mass is 35.5. The first-order valence-electron chi connectivity index (χ1n) is 12.2. The van der Waals surface area contributed by atoms with E-state index in [0.29, 0.717) is 22.2 Å². The number of methoxy groups -OCH3 is 1. The summed E-state index contributed by atoms with van der Waals surface area (Å²) in [7, 11) is 1.30. The molecule has 9 nitrogen and oxygen atoms in total. The van der Waals surface area contributed by atoms with Crippen LogP contribution in [0.5, 0.6) is 11.5 Å². The van der Waals surface area contributed by atoms with Crippen LogP contribution in [-0.2, 0) is 22.6 Å². The average molecular weight is 574 g/mol. The number of nitrogens with one attached hydrogen (secondary N) is 1. The van der Waals surface area contributed by atoms with Gasteiger partial charge in [-0.05, 0) is 35.7 Å². The van der Waals surface area contributed by atoms with Crippen molar-refractivity contribution >= 4 is 40.7 Å². The molecule has 11 heteroatoms. The number of hydrogen-bond donors (Lipinski definition) is 1. The van der Waals surface area contributed by atoms with E-state index in [0.717, 1.165) is 12.0 Å². The molecule has 0 aliphatic rings. The van der Waals surface area contributed by atoms with Crippen LogP contribution in [0.25, 0.3) is 0 Å². The number of hydrogen-bond acceptors (Lipinski definition) is 6. The Hall–Kier alpha value is -3.82. The number of carbonyl (C=O) groups excluding carboxylic acids is 2. The zero-order valence-electron chi connectivity index (χ0n) is 21.6. The molecule has 0 unspecified atom stereocenters. The van der Waals surface area contributed by atoms with Gasteiger partial charge in [-0.15, -0.1) is 0 Å². The Morgan fingerprint density at radius 2 is 1.82 bits per heavy atom. The highest BCUT2D eigenvalue weighted by Gasteiger charge is 2.31. The predicted octanol–water partition coefficient (Wildman–Crippen LogP) is 5.46. The molecule has 1 N–H and O–H groups in total. The second-order valence-corrected chi connectivity index (χ2v) is 9.48. The molecule has 0 aromatic heterocycles. The highest BCUT2D eigenvalue weighted by molar-refractivity contribution is 6.35. The van der Waals surface area contributed by atoms with Crippen molar-refractivity contribution in [1.29, 1.82) is 0 Å². The third kappa shape index (κ3) is 8.33. The van der Waals surface area contributed by atoms with Crippen molar-refractivity contribution < 1.29 is 24.0 Å². The summed E-state index contributed by atoms with van der Waals surface area (Å²) >= 11 is 12.5. The van der Waals surface area contributed by atoms with E-state index in [1.807, 2.05) is 37.3 Å². The molecule has 3 aromatic rings. The Morgan fingerprint density at radius 3 is 2.46 bits per heavy atom. The maximum Gasteiger partial charge on any atom is 0.311 e. The molecular weight excluding hydrogens is 545 g/mol. The van der Waals surface area contributed by atoms with Crippen LogP contribution in [0, 0.1) is 10.1 Å². The summed E-state index contributed by atoms with van der Waals surface area (Å²) < 4.78 is 10.8. The van der Waals surface area contributed by atoms with E-state index >= 15 is 0 Å². The lowest BCUT2D eigenvalue weighted by atomic mass is 10.0. The average Bonchev–Trinajstić information content (AvgIpc) is 2.93. The van der Waals surface area contributed by atoms with Crippen molar-refractivity contribution in [2.45, 2.75) is 32.4 Å². The molecular formula is C28H29Cl2N3O6. The Balaban J connectivity index is 1.93. The van der Waals surface area contributed by atoms with E-state index in [-0.39, 0.29) is 36.1 Å². The predicted molar refractivity (Wildman–Crippen MR) is 149 cm³/mol. The summed E-state index contributed by atoms with van der Waals surface area (Å²) in [6.45, 7) is 1.99. The minimum atomic E-state index is -0.867. The second-order valence-electron chi connectivity index (χ2n) is 8.63. The fraction of sp³-hybridized carbons (Fsp3) is 0.286. The highest BCUT2D eigenvalue weighted by Crippen LogP contribution is 2.31. The van der Waals surface area contributed by atoms with E-state index < -0.39 is 23.5 Å². The topological polar surface area (TPSA) is 111 Å². The molecule has 0 saturated heterocycles. The standard InChI is InChI=1S/C28H29Cl2N3O6/c1-3-13-31-28(35)25(14-19-7-5-4-6-8-19)32(17-20-9-10-21(29)15-23(20)30)27(34)18-39-22-11-12-24(33(36)37)26(16-22)38-2/h4-12,15-16,25H,3,13-14,17-18H2,1-2H3,(H,31,35)/t25-/m1/s1. The SMILES string of the molecule is CCCNC(=O)[C@@H](Cc1ccccc1)N(Cc1ccc(Cl)cc1Cl)C(=O)COc1ccc([N+](=O)[O-])c(OC)c1. The fourth-order valence-electron chi connectivity index (χ4n) is 3.88. The molecule has 206 valence electrons. The van der Waals surface area contributed by atoms with Crippen LogP contribution in [0.2, 0.25) is 10.0 Å².